The van der Waals surface area contributed by atoms with Gasteiger partial charge in [0.2, 0.25) is 0 Å². The van der Waals surface area contributed by atoms with Crippen molar-refractivity contribution in [1.82, 2.24) is 15.6 Å². The number of urea groups is 1. The van der Waals surface area contributed by atoms with E-state index in [2.05, 4.69) is 4.98 Å². The molecule has 2 atom stereocenters. The number of amides is 3. The maximum atomic E-state index is 12.1. The first-order chi connectivity index (χ1) is 12.8. The van der Waals surface area contributed by atoms with Gasteiger partial charge in [-0.15, -0.1) is 11.3 Å². The molecule has 1 unspecified atom stereocenters. The fraction of sp³-hybridized carbons (Fsp3) is 0.471. The normalized spacial score (nSPS) is 20.4. The lowest BCUT2D eigenvalue weighted by Crippen LogP contribution is -3.14. The molecule has 6 nitrogen and oxygen atoms in total. The summed E-state index contributed by atoms with van der Waals surface area (Å²) in [6.45, 7) is 0.0552. The summed E-state index contributed by atoms with van der Waals surface area (Å²) < 4.78 is 37.3. The number of aromatic nitrogens is 1. The van der Waals surface area contributed by atoms with Crippen molar-refractivity contribution in [2.24, 2.45) is 0 Å². The van der Waals surface area contributed by atoms with Gasteiger partial charge in [-0.3, -0.25) is 10.1 Å². The highest BCUT2D eigenvalue weighted by Crippen LogP contribution is 2.30. The minimum Gasteiger partial charge on any atom is -0.329 e. The second-order valence-electron chi connectivity index (χ2n) is 6.59. The van der Waals surface area contributed by atoms with Crippen LogP contribution in [0.25, 0.3) is 10.2 Å². The van der Waals surface area contributed by atoms with Crippen molar-refractivity contribution in [3.8, 4) is 0 Å². The predicted molar refractivity (Wildman–Crippen MR) is 94.8 cm³/mol. The van der Waals surface area contributed by atoms with Crippen molar-refractivity contribution in [2.45, 2.75) is 24.9 Å². The van der Waals surface area contributed by atoms with Gasteiger partial charge in [0.25, 0.3) is 5.91 Å². The van der Waals surface area contributed by atoms with Crippen LogP contribution in [-0.2, 0) is 4.79 Å². The number of hydrogen-bond donors (Lipinski definition) is 3. The smallest absolute Gasteiger partial charge is 0.329 e. The Kier molecular flexibility index (Phi) is 5.95. The molecule has 146 valence electrons. The topological polar surface area (TPSA) is 75.5 Å². The van der Waals surface area contributed by atoms with E-state index in [1.165, 1.54) is 0 Å². The number of carbonyl (C=O) groups is 2. The Morgan fingerprint density at radius 3 is 2.81 bits per heavy atom. The van der Waals surface area contributed by atoms with Crippen LogP contribution in [0.15, 0.2) is 24.3 Å². The van der Waals surface area contributed by atoms with Crippen LogP contribution in [0.5, 0.6) is 0 Å². The molecule has 3 N–H and O–H groups in total. The molecular formula is C17H20F3N4O2S+. The molecule has 27 heavy (non-hydrogen) atoms. The molecule has 2 heterocycles. The zero-order chi connectivity index (χ0) is 19.4. The number of fused-ring (bicyclic) bond motifs is 1. The van der Waals surface area contributed by atoms with Crippen LogP contribution in [0.2, 0.25) is 0 Å². The maximum Gasteiger partial charge on any atom is 0.405 e. The lowest BCUT2D eigenvalue weighted by molar-refractivity contribution is -0.898. The maximum absolute atomic E-state index is 12.1. The van der Waals surface area contributed by atoms with Gasteiger partial charge in [0, 0.05) is 0 Å². The molecule has 1 aromatic heterocycles. The van der Waals surface area contributed by atoms with E-state index in [-0.39, 0.29) is 12.5 Å². The molecule has 1 saturated heterocycles. The van der Waals surface area contributed by atoms with Crippen molar-refractivity contribution >= 4 is 33.5 Å². The number of para-hydroxylation sites is 1. The fourth-order valence-electron chi connectivity index (χ4n) is 3.21. The third-order valence-corrected chi connectivity index (χ3v) is 5.59. The van der Waals surface area contributed by atoms with Crippen LogP contribution in [0.3, 0.4) is 0 Å². The van der Waals surface area contributed by atoms with Crippen molar-refractivity contribution in [1.29, 1.82) is 0 Å². The van der Waals surface area contributed by atoms with E-state index in [0.29, 0.717) is 6.54 Å². The van der Waals surface area contributed by atoms with Gasteiger partial charge < -0.3 is 10.2 Å². The average Bonchev–Trinajstić information content (AvgIpc) is 3.04. The van der Waals surface area contributed by atoms with Crippen LogP contribution in [0.1, 0.15) is 23.8 Å². The zero-order valence-electron chi connectivity index (χ0n) is 14.4. The second-order valence-corrected chi connectivity index (χ2v) is 7.65. The zero-order valence-corrected chi connectivity index (χ0v) is 15.3. The van der Waals surface area contributed by atoms with E-state index < -0.39 is 24.7 Å². The second kappa shape index (κ2) is 8.22. The number of alkyl halides is 3. The number of benzene rings is 1. The fourth-order valence-corrected chi connectivity index (χ4v) is 4.31. The number of carbonyl (C=O) groups excluding carboxylic acids is 2. The van der Waals surface area contributed by atoms with Crippen molar-refractivity contribution < 1.29 is 27.7 Å². The van der Waals surface area contributed by atoms with E-state index in [9.17, 15) is 22.8 Å². The van der Waals surface area contributed by atoms with Crippen molar-refractivity contribution in [2.75, 3.05) is 26.2 Å². The number of likely N-dealkylation sites (tertiary alicyclic amines) is 1. The van der Waals surface area contributed by atoms with Crippen LogP contribution in [0.4, 0.5) is 18.0 Å². The first-order valence-electron chi connectivity index (χ1n) is 8.63. The third-order valence-electron chi connectivity index (χ3n) is 4.39. The Hall–Kier alpha value is -2.20. The summed E-state index contributed by atoms with van der Waals surface area (Å²) in [6, 6.07) is 6.78. The molecule has 0 radical (unpaired) electrons. The van der Waals surface area contributed by atoms with Gasteiger partial charge in [-0.2, -0.15) is 13.2 Å². The van der Waals surface area contributed by atoms with Gasteiger partial charge in [0.15, 0.2) is 6.54 Å². The molecule has 1 aliphatic rings. The Balaban J connectivity index is 1.52. The van der Waals surface area contributed by atoms with Gasteiger partial charge >= 0.3 is 12.2 Å². The summed E-state index contributed by atoms with van der Waals surface area (Å²) in [7, 11) is 0. The summed E-state index contributed by atoms with van der Waals surface area (Å²) >= 11 is 1.65. The number of thiazole rings is 1. The van der Waals surface area contributed by atoms with Gasteiger partial charge in [0.1, 0.15) is 11.6 Å². The molecule has 0 saturated carbocycles. The van der Waals surface area contributed by atoms with Gasteiger partial charge in [-0.1, -0.05) is 12.1 Å². The number of quaternary nitrogens is 1. The number of piperidine rings is 1. The molecule has 10 heteroatoms. The highest BCUT2D eigenvalue weighted by molar-refractivity contribution is 7.18. The Morgan fingerprint density at radius 2 is 2.07 bits per heavy atom. The molecular weight excluding hydrogens is 381 g/mol. The summed E-state index contributed by atoms with van der Waals surface area (Å²) in [4.78, 5) is 29.0. The third kappa shape index (κ3) is 5.64. The highest BCUT2D eigenvalue weighted by atomic mass is 32.1. The number of imide groups is 1. The monoisotopic (exact) mass is 401 g/mol. The quantitative estimate of drug-likeness (QED) is 0.726. The van der Waals surface area contributed by atoms with E-state index in [0.717, 1.165) is 39.5 Å². The lowest BCUT2D eigenvalue weighted by atomic mass is 9.99. The SMILES string of the molecule is O=C(C[NH+]1CCC[C@@H](c2nc3ccccc3s2)C1)NC(=O)NCC(F)(F)F. The number of nitrogens with zero attached hydrogens (tertiary/aromatic N) is 1. The molecule has 1 fully saturated rings. The summed E-state index contributed by atoms with van der Waals surface area (Å²) in [5.74, 6) is -0.354. The van der Waals surface area contributed by atoms with Crippen LogP contribution in [-0.4, -0.2) is 49.3 Å². The highest BCUT2D eigenvalue weighted by Gasteiger charge is 2.30. The minimum atomic E-state index is -4.51. The largest absolute Gasteiger partial charge is 0.405 e. The van der Waals surface area contributed by atoms with Crippen molar-refractivity contribution in [3.05, 3.63) is 29.3 Å². The molecule has 0 aliphatic carbocycles. The summed E-state index contributed by atoms with van der Waals surface area (Å²) in [6.07, 6.45) is -2.61. The van der Waals surface area contributed by atoms with Crippen molar-refractivity contribution in [3.63, 3.8) is 0 Å². The molecule has 0 bridgehead atoms. The lowest BCUT2D eigenvalue weighted by Gasteiger charge is -2.28. The predicted octanol–water partition coefficient (Wildman–Crippen LogP) is 1.45. The standard InChI is InChI=1S/C17H19F3N4O2S/c18-17(19,20)10-21-16(26)23-14(25)9-24-7-3-4-11(8-24)15-22-12-5-1-2-6-13(12)27-15/h1-2,5-6,11H,3-4,7-10H2,(H2,21,23,25,26)/p+1/t11-/m1/s1. The number of hydrogen-bond acceptors (Lipinski definition) is 4. The average molecular weight is 401 g/mol. The number of nitrogens with one attached hydrogen (secondary N) is 3. The Labute approximate surface area is 157 Å². The molecule has 0 spiro atoms. The molecule has 3 rings (SSSR count). The van der Waals surface area contributed by atoms with Gasteiger partial charge in [0.05, 0.1) is 29.2 Å². The number of halogens is 3. The molecule has 2 aromatic rings. The first-order valence-corrected chi connectivity index (χ1v) is 9.45. The molecule has 1 aromatic carbocycles. The first kappa shape index (κ1) is 19.6. The molecule has 3 amide bonds. The molecule has 1 aliphatic heterocycles. The van der Waals surface area contributed by atoms with E-state index >= 15 is 0 Å². The van der Waals surface area contributed by atoms with Gasteiger partial charge in [-0.25, -0.2) is 9.78 Å². The van der Waals surface area contributed by atoms with E-state index in [4.69, 9.17) is 0 Å². The van der Waals surface area contributed by atoms with Crippen LogP contribution in [0, 0.1) is 0 Å². The summed E-state index contributed by atoms with van der Waals surface area (Å²) in [5, 5.41) is 4.62. The van der Waals surface area contributed by atoms with Crippen LogP contribution >= 0.6 is 11.3 Å². The van der Waals surface area contributed by atoms with E-state index in [1.807, 2.05) is 29.6 Å². The summed E-state index contributed by atoms with van der Waals surface area (Å²) in [5.41, 5.74) is 0.962. The Morgan fingerprint density at radius 1 is 1.30 bits per heavy atom. The van der Waals surface area contributed by atoms with Crippen LogP contribution < -0.4 is 15.5 Å². The van der Waals surface area contributed by atoms with Gasteiger partial charge in [-0.05, 0) is 25.0 Å². The Bertz CT molecular complexity index is 791. The minimum absolute atomic E-state index is 0.0425. The van der Waals surface area contributed by atoms with E-state index in [1.54, 1.807) is 16.7 Å². The number of rotatable bonds is 4.